The van der Waals surface area contributed by atoms with Crippen molar-refractivity contribution in [2.45, 2.75) is 18.9 Å². The highest BCUT2D eigenvalue weighted by molar-refractivity contribution is 5.66. The summed E-state index contributed by atoms with van der Waals surface area (Å²) in [5.41, 5.74) is 5.30. The molecule has 5 rings (SSSR count). The van der Waals surface area contributed by atoms with Gasteiger partial charge in [-0.2, -0.15) is 0 Å². The lowest BCUT2D eigenvalue weighted by Gasteiger charge is -2.18. The lowest BCUT2D eigenvalue weighted by atomic mass is 9.86. The third-order valence-corrected chi connectivity index (χ3v) is 6.03. The summed E-state index contributed by atoms with van der Waals surface area (Å²) in [4.78, 5) is 2.62. The molecule has 1 saturated heterocycles. The summed E-state index contributed by atoms with van der Waals surface area (Å²) < 4.78 is 6.18. The normalized spacial score (nSPS) is 21.8. The van der Waals surface area contributed by atoms with Gasteiger partial charge in [0.05, 0.1) is 6.61 Å². The molecule has 3 aromatic carbocycles. The molecular formula is C25H25NO. The Hall–Kier alpha value is -2.58. The number of rotatable bonds is 3. The van der Waals surface area contributed by atoms with Crippen LogP contribution >= 0.6 is 0 Å². The predicted molar refractivity (Wildman–Crippen MR) is 110 cm³/mol. The number of fused-ring (bicyclic) bond motifs is 3. The number of likely N-dealkylation sites (tertiary alicyclic amines) is 1. The molecule has 2 heteroatoms. The first kappa shape index (κ1) is 16.6. The molecule has 0 radical (unpaired) electrons. The Labute approximate surface area is 161 Å². The van der Waals surface area contributed by atoms with Crippen LogP contribution in [-0.2, 0) is 6.54 Å². The van der Waals surface area contributed by atoms with Gasteiger partial charge in [0.1, 0.15) is 5.75 Å². The van der Waals surface area contributed by atoms with Crippen LogP contribution in [-0.4, -0.2) is 24.6 Å². The number of benzene rings is 3. The Bertz CT molecular complexity index is 906. The van der Waals surface area contributed by atoms with Crippen LogP contribution in [0.5, 0.6) is 5.75 Å². The molecule has 2 aliphatic rings. The minimum absolute atomic E-state index is 0.580. The third-order valence-electron chi connectivity index (χ3n) is 6.03. The van der Waals surface area contributed by atoms with Crippen molar-refractivity contribution in [1.29, 1.82) is 0 Å². The zero-order chi connectivity index (χ0) is 18.1. The second-order valence-electron chi connectivity index (χ2n) is 7.80. The van der Waals surface area contributed by atoms with Crippen molar-refractivity contribution in [2.24, 2.45) is 5.92 Å². The van der Waals surface area contributed by atoms with E-state index in [0.29, 0.717) is 11.8 Å². The van der Waals surface area contributed by atoms with E-state index in [1.807, 2.05) is 0 Å². The van der Waals surface area contributed by atoms with Crippen molar-refractivity contribution in [3.05, 3.63) is 90.0 Å². The molecule has 136 valence electrons. The summed E-state index contributed by atoms with van der Waals surface area (Å²) in [5.74, 6) is 2.36. The zero-order valence-electron chi connectivity index (χ0n) is 15.6. The molecule has 0 N–H and O–H groups in total. The molecule has 2 aliphatic heterocycles. The Morgan fingerprint density at radius 3 is 2.41 bits per heavy atom. The Kier molecular flexibility index (Phi) is 4.43. The molecule has 2 unspecified atom stereocenters. The molecular weight excluding hydrogens is 330 g/mol. The van der Waals surface area contributed by atoms with Crippen LogP contribution in [0.3, 0.4) is 0 Å². The van der Waals surface area contributed by atoms with Gasteiger partial charge in [-0.25, -0.2) is 0 Å². The number of ether oxygens (including phenoxy) is 1. The molecule has 2 atom stereocenters. The van der Waals surface area contributed by atoms with Crippen LogP contribution in [0, 0.1) is 5.92 Å². The fourth-order valence-corrected chi connectivity index (χ4v) is 4.67. The SMILES string of the molecule is c1ccc(CN2CC3CCOc4cc(-c5ccccc5)ccc4C3C2)cc1. The number of hydrogen-bond acceptors (Lipinski definition) is 2. The van der Waals surface area contributed by atoms with Gasteiger partial charge in [-0.05, 0) is 40.7 Å². The molecule has 0 bridgehead atoms. The molecule has 1 fully saturated rings. The topological polar surface area (TPSA) is 12.5 Å². The maximum absolute atomic E-state index is 6.18. The van der Waals surface area contributed by atoms with Gasteiger partial charge in [0.25, 0.3) is 0 Å². The molecule has 2 heterocycles. The van der Waals surface area contributed by atoms with Crippen molar-refractivity contribution < 1.29 is 4.74 Å². The summed E-state index contributed by atoms with van der Waals surface area (Å²) in [5, 5.41) is 0. The van der Waals surface area contributed by atoms with Crippen LogP contribution in [0.4, 0.5) is 0 Å². The summed E-state index contributed by atoms with van der Waals surface area (Å²) in [6, 6.07) is 28.2. The molecule has 0 saturated carbocycles. The van der Waals surface area contributed by atoms with E-state index in [4.69, 9.17) is 4.74 Å². The molecule has 3 aromatic rings. The Morgan fingerprint density at radius 2 is 1.59 bits per heavy atom. The average molecular weight is 355 g/mol. The first-order chi connectivity index (χ1) is 13.4. The standard InChI is InChI=1S/C25H25NO/c1-3-7-19(8-4-1)16-26-17-22-13-14-27-25-15-21(20-9-5-2-6-10-20)11-12-23(25)24(22)18-26/h1-12,15,22,24H,13-14,16-18H2. The highest BCUT2D eigenvalue weighted by atomic mass is 16.5. The van der Waals surface area contributed by atoms with Gasteiger partial charge in [0, 0.05) is 25.6 Å². The molecule has 0 aliphatic carbocycles. The maximum Gasteiger partial charge on any atom is 0.123 e. The van der Waals surface area contributed by atoms with Crippen molar-refractivity contribution >= 4 is 0 Å². The predicted octanol–water partition coefficient (Wildman–Crippen LogP) is 5.35. The average Bonchev–Trinajstić information content (AvgIpc) is 3.03. The van der Waals surface area contributed by atoms with Crippen LogP contribution < -0.4 is 4.74 Å². The highest BCUT2D eigenvalue weighted by Crippen LogP contribution is 2.43. The summed E-state index contributed by atoms with van der Waals surface area (Å²) in [6.07, 6.45) is 1.14. The first-order valence-electron chi connectivity index (χ1n) is 9.95. The van der Waals surface area contributed by atoms with Gasteiger partial charge in [-0.15, -0.1) is 0 Å². The minimum atomic E-state index is 0.580. The van der Waals surface area contributed by atoms with Gasteiger partial charge in [0.2, 0.25) is 0 Å². The van der Waals surface area contributed by atoms with Gasteiger partial charge in [0.15, 0.2) is 0 Å². The first-order valence-corrected chi connectivity index (χ1v) is 9.95. The van der Waals surface area contributed by atoms with E-state index in [-0.39, 0.29) is 0 Å². The van der Waals surface area contributed by atoms with Crippen LogP contribution in [0.25, 0.3) is 11.1 Å². The van der Waals surface area contributed by atoms with Crippen molar-refractivity contribution in [2.75, 3.05) is 19.7 Å². The van der Waals surface area contributed by atoms with Crippen LogP contribution in [0.2, 0.25) is 0 Å². The Morgan fingerprint density at radius 1 is 0.815 bits per heavy atom. The molecule has 0 spiro atoms. The summed E-state index contributed by atoms with van der Waals surface area (Å²) in [7, 11) is 0. The van der Waals surface area contributed by atoms with Crippen molar-refractivity contribution in [3.63, 3.8) is 0 Å². The van der Waals surface area contributed by atoms with E-state index in [1.165, 1.54) is 28.8 Å². The second kappa shape index (κ2) is 7.21. The van der Waals surface area contributed by atoms with Crippen molar-refractivity contribution in [1.82, 2.24) is 4.90 Å². The lowest BCUT2D eigenvalue weighted by molar-refractivity contribution is 0.271. The van der Waals surface area contributed by atoms with E-state index in [9.17, 15) is 0 Å². The van der Waals surface area contributed by atoms with Gasteiger partial charge in [-0.1, -0.05) is 72.8 Å². The van der Waals surface area contributed by atoms with Crippen LogP contribution in [0.1, 0.15) is 23.5 Å². The third kappa shape index (κ3) is 3.38. The van der Waals surface area contributed by atoms with E-state index >= 15 is 0 Å². The smallest absolute Gasteiger partial charge is 0.123 e. The molecule has 0 aromatic heterocycles. The Balaban J connectivity index is 1.40. The fourth-order valence-electron chi connectivity index (χ4n) is 4.67. The van der Waals surface area contributed by atoms with E-state index in [2.05, 4.69) is 83.8 Å². The molecule has 2 nitrogen and oxygen atoms in total. The van der Waals surface area contributed by atoms with Crippen molar-refractivity contribution in [3.8, 4) is 16.9 Å². The largest absolute Gasteiger partial charge is 0.493 e. The van der Waals surface area contributed by atoms with E-state index in [0.717, 1.165) is 31.9 Å². The van der Waals surface area contributed by atoms with E-state index < -0.39 is 0 Å². The number of hydrogen-bond donors (Lipinski definition) is 0. The van der Waals surface area contributed by atoms with Gasteiger partial charge in [-0.3, -0.25) is 4.90 Å². The second-order valence-corrected chi connectivity index (χ2v) is 7.80. The van der Waals surface area contributed by atoms with E-state index in [1.54, 1.807) is 0 Å². The monoisotopic (exact) mass is 355 g/mol. The number of nitrogens with zero attached hydrogens (tertiary/aromatic N) is 1. The highest BCUT2D eigenvalue weighted by Gasteiger charge is 2.36. The minimum Gasteiger partial charge on any atom is -0.493 e. The molecule has 0 amide bonds. The zero-order valence-corrected chi connectivity index (χ0v) is 15.6. The summed E-state index contributed by atoms with van der Waals surface area (Å²) in [6.45, 7) is 4.17. The fraction of sp³-hybridized carbons (Fsp3) is 0.280. The van der Waals surface area contributed by atoms with Gasteiger partial charge < -0.3 is 4.74 Å². The lowest BCUT2D eigenvalue weighted by Crippen LogP contribution is -2.21. The van der Waals surface area contributed by atoms with Gasteiger partial charge >= 0.3 is 0 Å². The maximum atomic E-state index is 6.18. The molecule has 27 heavy (non-hydrogen) atoms. The van der Waals surface area contributed by atoms with Crippen LogP contribution in [0.15, 0.2) is 78.9 Å². The summed E-state index contributed by atoms with van der Waals surface area (Å²) >= 11 is 0. The quantitative estimate of drug-likeness (QED) is 0.628.